The molecule has 0 radical (unpaired) electrons. The van der Waals surface area contributed by atoms with Crippen molar-refractivity contribution in [3.8, 4) is 0 Å². The fourth-order valence-electron chi connectivity index (χ4n) is 1.53. The number of benzene rings is 1. The van der Waals surface area contributed by atoms with Crippen molar-refractivity contribution in [3.63, 3.8) is 0 Å². The van der Waals surface area contributed by atoms with Crippen molar-refractivity contribution in [1.29, 1.82) is 0 Å². The van der Waals surface area contributed by atoms with Crippen molar-refractivity contribution in [3.05, 3.63) is 24.3 Å². The molecule has 0 fully saturated rings. The molecule has 1 aromatic carbocycles. The summed E-state index contributed by atoms with van der Waals surface area (Å²) in [5, 5.41) is 3.15. The van der Waals surface area contributed by atoms with Gasteiger partial charge in [0.2, 0.25) is 10.0 Å². The molecule has 0 aliphatic rings. The molecule has 0 aromatic heterocycles. The standard InChI is InChI=1S/C12H21N3O2S/c1-4-14-18(16,17)12-8-6-5-7-11(12)13-9-10-15(2)3/h5-8,13-14H,4,9-10H2,1-3H3. The molecule has 0 aliphatic carbocycles. The third kappa shape index (κ3) is 4.29. The molecule has 0 spiro atoms. The van der Waals surface area contributed by atoms with Gasteiger partial charge in [0.25, 0.3) is 0 Å². The minimum Gasteiger partial charge on any atom is -0.383 e. The number of hydrogen-bond donors (Lipinski definition) is 2. The van der Waals surface area contributed by atoms with E-state index in [0.29, 0.717) is 23.7 Å². The zero-order valence-corrected chi connectivity index (χ0v) is 11.9. The van der Waals surface area contributed by atoms with Gasteiger partial charge < -0.3 is 10.2 Å². The summed E-state index contributed by atoms with van der Waals surface area (Å²) in [4.78, 5) is 2.33. The smallest absolute Gasteiger partial charge is 0.242 e. The quantitative estimate of drug-likeness (QED) is 0.775. The van der Waals surface area contributed by atoms with E-state index < -0.39 is 10.0 Å². The molecule has 0 saturated carbocycles. The Labute approximate surface area is 109 Å². The highest BCUT2D eigenvalue weighted by molar-refractivity contribution is 7.89. The second-order valence-corrected chi connectivity index (χ2v) is 5.96. The average Bonchev–Trinajstić information content (AvgIpc) is 2.29. The maximum absolute atomic E-state index is 12.0. The molecule has 0 atom stereocenters. The van der Waals surface area contributed by atoms with Crippen LogP contribution in [-0.4, -0.2) is 47.0 Å². The van der Waals surface area contributed by atoms with E-state index in [0.717, 1.165) is 6.54 Å². The van der Waals surface area contributed by atoms with E-state index in [1.807, 2.05) is 25.1 Å². The highest BCUT2D eigenvalue weighted by atomic mass is 32.2. The minimum atomic E-state index is -3.42. The van der Waals surface area contributed by atoms with Crippen molar-refractivity contribution >= 4 is 15.7 Å². The molecule has 0 heterocycles. The molecule has 0 unspecified atom stereocenters. The van der Waals surface area contributed by atoms with Gasteiger partial charge in [-0.2, -0.15) is 0 Å². The van der Waals surface area contributed by atoms with E-state index in [4.69, 9.17) is 0 Å². The van der Waals surface area contributed by atoms with Crippen LogP contribution in [0.15, 0.2) is 29.2 Å². The lowest BCUT2D eigenvalue weighted by molar-refractivity contribution is 0.425. The minimum absolute atomic E-state index is 0.297. The molecule has 1 aromatic rings. The average molecular weight is 271 g/mol. The lowest BCUT2D eigenvalue weighted by Crippen LogP contribution is -2.25. The highest BCUT2D eigenvalue weighted by Crippen LogP contribution is 2.20. The lowest BCUT2D eigenvalue weighted by Gasteiger charge is -2.14. The number of hydrogen-bond acceptors (Lipinski definition) is 4. The van der Waals surface area contributed by atoms with Gasteiger partial charge in [-0.25, -0.2) is 13.1 Å². The van der Waals surface area contributed by atoms with E-state index in [1.165, 1.54) is 0 Å². The van der Waals surface area contributed by atoms with Gasteiger partial charge >= 0.3 is 0 Å². The number of nitrogens with one attached hydrogen (secondary N) is 2. The summed E-state index contributed by atoms with van der Waals surface area (Å²) in [6.45, 7) is 3.69. The van der Waals surface area contributed by atoms with E-state index in [9.17, 15) is 8.42 Å². The summed E-state index contributed by atoms with van der Waals surface area (Å²) >= 11 is 0. The van der Waals surface area contributed by atoms with E-state index >= 15 is 0 Å². The molecule has 0 amide bonds. The van der Waals surface area contributed by atoms with Crippen molar-refractivity contribution in [2.75, 3.05) is 39.0 Å². The SMILES string of the molecule is CCNS(=O)(=O)c1ccccc1NCCN(C)C. The van der Waals surface area contributed by atoms with Crippen LogP contribution in [0.3, 0.4) is 0 Å². The monoisotopic (exact) mass is 271 g/mol. The number of sulfonamides is 1. The molecular weight excluding hydrogens is 250 g/mol. The zero-order valence-electron chi connectivity index (χ0n) is 11.1. The third-order valence-corrected chi connectivity index (χ3v) is 3.99. The van der Waals surface area contributed by atoms with Crippen LogP contribution < -0.4 is 10.0 Å². The van der Waals surface area contributed by atoms with Gasteiger partial charge in [0.15, 0.2) is 0 Å². The highest BCUT2D eigenvalue weighted by Gasteiger charge is 2.16. The van der Waals surface area contributed by atoms with Crippen LogP contribution in [0.25, 0.3) is 0 Å². The van der Waals surface area contributed by atoms with Crippen LogP contribution in [0, 0.1) is 0 Å². The molecule has 0 bridgehead atoms. The Morgan fingerprint density at radius 3 is 2.50 bits per heavy atom. The summed E-state index contributed by atoms with van der Waals surface area (Å²) in [6.07, 6.45) is 0. The topological polar surface area (TPSA) is 61.4 Å². The normalized spacial score (nSPS) is 11.8. The Morgan fingerprint density at radius 2 is 1.89 bits per heavy atom. The summed E-state index contributed by atoms with van der Waals surface area (Å²) in [6, 6.07) is 6.93. The Bertz CT molecular complexity index is 472. The molecule has 0 aliphatic heterocycles. The Balaban J connectivity index is 2.86. The molecule has 6 heteroatoms. The van der Waals surface area contributed by atoms with E-state index in [-0.39, 0.29) is 0 Å². The number of anilines is 1. The van der Waals surface area contributed by atoms with Gasteiger partial charge in [-0.3, -0.25) is 0 Å². The van der Waals surface area contributed by atoms with Gasteiger partial charge in [0, 0.05) is 19.6 Å². The summed E-state index contributed by atoms with van der Waals surface area (Å²) in [5.41, 5.74) is 0.639. The fourth-order valence-corrected chi connectivity index (χ4v) is 2.75. The third-order valence-electron chi connectivity index (χ3n) is 2.39. The largest absolute Gasteiger partial charge is 0.383 e. The maximum atomic E-state index is 12.0. The van der Waals surface area contributed by atoms with E-state index in [1.54, 1.807) is 25.1 Å². The first-order valence-electron chi connectivity index (χ1n) is 5.94. The maximum Gasteiger partial charge on any atom is 0.242 e. The molecular formula is C12H21N3O2S. The van der Waals surface area contributed by atoms with Crippen molar-refractivity contribution in [2.24, 2.45) is 0 Å². The molecule has 5 nitrogen and oxygen atoms in total. The second-order valence-electron chi connectivity index (χ2n) is 4.23. The summed E-state index contributed by atoms with van der Waals surface area (Å²) in [5.74, 6) is 0. The van der Waals surface area contributed by atoms with Crippen LogP contribution in [0.1, 0.15) is 6.92 Å². The first-order valence-corrected chi connectivity index (χ1v) is 7.43. The molecule has 2 N–H and O–H groups in total. The van der Waals surface area contributed by atoms with Crippen molar-refractivity contribution in [1.82, 2.24) is 9.62 Å². The lowest BCUT2D eigenvalue weighted by atomic mass is 10.3. The number of rotatable bonds is 7. The molecule has 102 valence electrons. The molecule has 1 rings (SSSR count). The van der Waals surface area contributed by atoms with Crippen LogP contribution in [0.2, 0.25) is 0 Å². The van der Waals surface area contributed by atoms with Crippen molar-refractivity contribution in [2.45, 2.75) is 11.8 Å². The van der Waals surface area contributed by atoms with Gasteiger partial charge in [-0.15, -0.1) is 0 Å². The Kier molecular flexibility index (Phi) is 5.58. The van der Waals surface area contributed by atoms with E-state index in [2.05, 4.69) is 10.0 Å². The van der Waals surface area contributed by atoms with Gasteiger partial charge in [-0.05, 0) is 26.2 Å². The first-order chi connectivity index (χ1) is 8.47. The fraction of sp³-hybridized carbons (Fsp3) is 0.500. The predicted molar refractivity (Wildman–Crippen MR) is 74.3 cm³/mol. The number of para-hydroxylation sites is 1. The Hall–Kier alpha value is -1.11. The van der Waals surface area contributed by atoms with Gasteiger partial charge in [-0.1, -0.05) is 19.1 Å². The van der Waals surface area contributed by atoms with Crippen LogP contribution in [0.4, 0.5) is 5.69 Å². The van der Waals surface area contributed by atoms with Crippen LogP contribution >= 0.6 is 0 Å². The second kappa shape index (κ2) is 6.72. The van der Waals surface area contributed by atoms with Crippen molar-refractivity contribution < 1.29 is 8.42 Å². The van der Waals surface area contributed by atoms with Crippen LogP contribution in [0.5, 0.6) is 0 Å². The zero-order chi connectivity index (χ0) is 13.6. The van der Waals surface area contributed by atoms with Gasteiger partial charge in [0.1, 0.15) is 4.90 Å². The van der Waals surface area contributed by atoms with Gasteiger partial charge in [0.05, 0.1) is 5.69 Å². The van der Waals surface area contributed by atoms with Crippen LogP contribution in [-0.2, 0) is 10.0 Å². The Morgan fingerprint density at radius 1 is 1.22 bits per heavy atom. The summed E-state index contributed by atoms with van der Waals surface area (Å²) < 4.78 is 26.5. The number of nitrogens with zero attached hydrogens (tertiary/aromatic N) is 1. The number of likely N-dealkylation sites (N-methyl/N-ethyl adjacent to an activating group) is 1. The molecule has 18 heavy (non-hydrogen) atoms. The predicted octanol–water partition coefficient (Wildman–Crippen LogP) is 0.958. The molecule has 0 saturated heterocycles. The first kappa shape index (κ1) is 14.9. The summed E-state index contributed by atoms with van der Waals surface area (Å²) in [7, 11) is 0.533.